The molecule has 6 aromatic heterocycles. The van der Waals surface area contributed by atoms with Gasteiger partial charge >= 0.3 is 6.18 Å². The molecule has 0 bridgehead atoms. The molecular weight excluding hydrogens is 854 g/mol. The van der Waals surface area contributed by atoms with E-state index in [1.165, 1.54) is 24.1 Å². The van der Waals surface area contributed by atoms with E-state index in [-0.39, 0.29) is 32.5 Å². The van der Waals surface area contributed by atoms with Gasteiger partial charge in [0.2, 0.25) is 0 Å². The summed E-state index contributed by atoms with van der Waals surface area (Å²) in [6, 6.07) is 7.49. The zero-order valence-corrected chi connectivity index (χ0v) is 46.1. The van der Waals surface area contributed by atoms with Crippen LogP contribution in [-0.2, 0) is 73.4 Å². The number of alkyl halides is 3. The number of aromatic amines is 1. The molecule has 0 aliphatic rings. The van der Waals surface area contributed by atoms with Crippen molar-refractivity contribution in [3.8, 4) is 0 Å². The number of aryl methyl sites for hydroxylation is 8. The lowest BCUT2D eigenvalue weighted by Crippen LogP contribution is -2.12. The van der Waals surface area contributed by atoms with Crippen LogP contribution in [0.15, 0.2) is 36.7 Å². The third-order valence-corrected chi connectivity index (χ3v) is 10.1. The van der Waals surface area contributed by atoms with Gasteiger partial charge in [-0.05, 0) is 52.0 Å². The molecule has 6 aromatic rings. The molecule has 1 N–H and O–H groups in total. The Bertz CT molecular complexity index is 2230. The largest absolute Gasteiger partial charge is 0.433 e. The number of nitrogens with one attached hydrogen (secondary N) is 1. The molecule has 0 radical (unpaired) electrons. The SMILES string of the molecule is CCn1nc(C(C)(C)C)cc1C.Cc1cc(C(C)(C)C)n[nH]1.Cc1cc(C(C)(C)C)nn1C.Cn1cc(C(C)(C)C)nn1.Cn1nc(C(C)(C)C)cc1C(F)(F)F.Cn1ncc(C(C)(C)C)n1. The van der Waals surface area contributed by atoms with Crippen LogP contribution in [-0.4, -0.2) is 69.5 Å². The molecule has 0 aliphatic carbocycles. The van der Waals surface area contributed by atoms with Crippen molar-refractivity contribution in [2.24, 2.45) is 28.2 Å². The van der Waals surface area contributed by atoms with Gasteiger partial charge in [0.15, 0.2) is 0 Å². The van der Waals surface area contributed by atoms with Crippen LogP contribution in [0.3, 0.4) is 0 Å². The van der Waals surface area contributed by atoms with Gasteiger partial charge in [0.1, 0.15) is 5.69 Å². The highest BCUT2D eigenvalue weighted by molar-refractivity contribution is 5.20. The van der Waals surface area contributed by atoms with Crippen molar-refractivity contribution < 1.29 is 13.2 Å². The first-order chi connectivity index (χ1) is 30.0. The van der Waals surface area contributed by atoms with Crippen LogP contribution in [0.25, 0.3) is 0 Å². The predicted molar refractivity (Wildman–Crippen MR) is 266 cm³/mol. The predicted octanol–water partition coefficient (Wildman–Crippen LogP) is 11.5. The first kappa shape index (κ1) is 59.9. The summed E-state index contributed by atoms with van der Waals surface area (Å²) in [6.07, 6.45) is -0.578. The number of hydrogen-bond donors (Lipinski definition) is 1. The Balaban J connectivity index is 0.000000404. The average Bonchev–Trinajstić information content (AvgIpc) is 3.99. The fourth-order valence-electron chi connectivity index (χ4n) is 5.41. The number of rotatable bonds is 1. The number of H-pyrrole nitrogens is 1. The standard InChI is InChI=1S/C10H18N2.C9H13F3N2.C9H16N2.C8H14N2.2C7H13N3/c1-6-12-8(2)7-9(11-12)10(3,4)5;1-8(2,3)6-5-7(9(10,11)12)14(4)13-6;1-7-6-8(9(2,3)4)10-11(7)5;1-6-5-7(10-9-6)8(2,3)4;1-7(2,3)6-5-10(4)9-8-6;1-7(2,3)6-5-8-10(4)9-6/h7H,6H2,1-5H3;5H,1-4H3;6H,1-5H3;5H,1-4H3,(H,9,10);2*5H,1-4H3. The summed E-state index contributed by atoms with van der Waals surface area (Å²) in [7, 11) is 6.99. The summed E-state index contributed by atoms with van der Waals surface area (Å²) in [5.41, 5.74) is 9.29. The van der Waals surface area contributed by atoms with Crippen LogP contribution < -0.4 is 0 Å². The maximum absolute atomic E-state index is 12.4. The van der Waals surface area contributed by atoms with Crippen LogP contribution in [0, 0.1) is 20.8 Å². The molecule has 0 aliphatic heterocycles. The molecule has 0 fully saturated rings. The molecule has 0 amide bonds. The highest BCUT2D eigenvalue weighted by atomic mass is 19.4. The van der Waals surface area contributed by atoms with Crippen molar-refractivity contribution in [2.75, 3.05) is 0 Å². The average molecular weight is 941 g/mol. The fraction of sp³-hybridized carbons (Fsp3) is 0.680. The van der Waals surface area contributed by atoms with E-state index in [1.54, 1.807) is 15.7 Å². The lowest BCUT2D eigenvalue weighted by Gasteiger charge is -2.14. The van der Waals surface area contributed by atoms with E-state index in [1.807, 2.05) is 64.4 Å². The second kappa shape index (κ2) is 22.8. The summed E-state index contributed by atoms with van der Waals surface area (Å²) in [5, 5.41) is 35.9. The minimum absolute atomic E-state index is 0.119. The number of aromatic nitrogens is 14. The monoisotopic (exact) mass is 941 g/mol. The summed E-state index contributed by atoms with van der Waals surface area (Å²) in [6.45, 7) is 47.0. The zero-order valence-electron chi connectivity index (χ0n) is 46.1. The molecule has 6 rings (SSSR count). The van der Waals surface area contributed by atoms with Crippen LogP contribution in [0.5, 0.6) is 0 Å². The van der Waals surface area contributed by atoms with E-state index >= 15 is 0 Å². The third kappa shape index (κ3) is 20.4. The van der Waals surface area contributed by atoms with Crippen LogP contribution in [0.1, 0.15) is 188 Å². The minimum atomic E-state index is -4.33. The molecule has 0 unspecified atom stereocenters. The van der Waals surface area contributed by atoms with E-state index in [0.717, 1.165) is 45.8 Å². The van der Waals surface area contributed by atoms with Crippen LogP contribution >= 0.6 is 0 Å². The van der Waals surface area contributed by atoms with Crippen molar-refractivity contribution in [1.29, 1.82) is 0 Å². The highest BCUT2D eigenvalue weighted by Gasteiger charge is 2.36. The Hall–Kier alpha value is -5.09. The second-order valence-corrected chi connectivity index (χ2v) is 23.3. The molecule has 0 aromatic carbocycles. The molecule has 0 spiro atoms. The van der Waals surface area contributed by atoms with Gasteiger partial charge in [-0.15, -0.1) is 5.10 Å². The molecule has 0 saturated carbocycles. The molecular formula is C50H87F3N14. The van der Waals surface area contributed by atoms with Crippen molar-refractivity contribution in [1.82, 2.24) is 69.5 Å². The Labute approximate surface area is 400 Å². The van der Waals surface area contributed by atoms with Crippen molar-refractivity contribution >= 4 is 0 Å². The first-order valence-electron chi connectivity index (χ1n) is 22.9. The Morgan fingerprint density at radius 2 is 0.940 bits per heavy atom. The molecule has 378 valence electrons. The quantitative estimate of drug-likeness (QED) is 0.172. The number of halogens is 3. The fourth-order valence-corrected chi connectivity index (χ4v) is 5.41. The van der Waals surface area contributed by atoms with Gasteiger partial charge in [0, 0.05) is 90.5 Å². The van der Waals surface area contributed by atoms with E-state index in [0.29, 0.717) is 5.69 Å². The van der Waals surface area contributed by atoms with E-state index in [9.17, 15) is 13.2 Å². The van der Waals surface area contributed by atoms with Gasteiger partial charge in [0.25, 0.3) is 0 Å². The van der Waals surface area contributed by atoms with Crippen molar-refractivity contribution in [3.05, 3.63) is 93.6 Å². The molecule has 6 heterocycles. The van der Waals surface area contributed by atoms with Gasteiger partial charge < -0.3 is 0 Å². The van der Waals surface area contributed by atoms with E-state index in [2.05, 4.69) is 189 Å². The van der Waals surface area contributed by atoms with Gasteiger partial charge in [-0.3, -0.25) is 23.8 Å². The second-order valence-electron chi connectivity index (χ2n) is 23.3. The molecule has 17 heteroatoms. The molecule has 0 saturated heterocycles. The smallest absolute Gasteiger partial charge is 0.283 e. The van der Waals surface area contributed by atoms with Crippen molar-refractivity contribution in [3.63, 3.8) is 0 Å². The third-order valence-electron chi connectivity index (χ3n) is 10.1. The summed E-state index contributed by atoms with van der Waals surface area (Å²) in [4.78, 5) is 1.58. The molecule has 0 atom stereocenters. The minimum Gasteiger partial charge on any atom is -0.283 e. The van der Waals surface area contributed by atoms with Gasteiger partial charge in [-0.25, -0.2) is 0 Å². The Kier molecular flexibility index (Phi) is 20.4. The first-order valence-corrected chi connectivity index (χ1v) is 22.9. The Morgan fingerprint density at radius 3 is 1.15 bits per heavy atom. The van der Waals surface area contributed by atoms with E-state index < -0.39 is 11.9 Å². The summed E-state index contributed by atoms with van der Waals surface area (Å²) >= 11 is 0. The Morgan fingerprint density at radius 1 is 0.507 bits per heavy atom. The van der Waals surface area contributed by atoms with Crippen molar-refractivity contribution in [2.45, 2.75) is 198 Å². The topological polar surface area (TPSA) is 144 Å². The molecule has 67 heavy (non-hydrogen) atoms. The number of nitrogens with zero attached hydrogens (tertiary/aromatic N) is 13. The summed E-state index contributed by atoms with van der Waals surface area (Å²) < 4.78 is 43.7. The van der Waals surface area contributed by atoms with Crippen LogP contribution in [0.2, 0.25) is 0 Å². The van der Waals surface area contributed by atoms with Gasteiger partial charge in [0.05, 0.1) is 40.4 Å². The summed E-state index contributed by atoms with van der Waals surface area (Å²) in [5.74, 6) is 0. The zero-order chi connectivity index (χ0) is 52.5. The normalized spacial score (nSPS) is 12.3. The lowest BCUT2D eigenvalue weighted by atomic mass is 9.92. The number of hydrogen-bond acceptors (Lipinski definition) is 8. The lowest BCUT2D eigenvalue weighted by molar-refractivity contribution is -0.143. The van der Waals surface area contributed by atoms with E-state index in [4.69, 9.17) is 0 Å². The maximum atomic E-state index is 12.4. The maximum Gasteiger partial charge on any atom is 0.433 e. The van der Waals surface area contributed by atoms with Gasteiger partial charge in [-0.1, -0.05) is 130 Å². The van der Waals surface area contributed by atoms with Gasteiger partial charge in [-0.2, -0.15) is 48.6 Å². The van der Waals surface area contributed by atoms with Crippen LogP contribution in [0.4, 0.5) is 13.2 Å². The highest BCUT2D eigenvalue weighted by Crippen LogP contribution is 2.32. The molecule has 14 nitrogen and oxygen atoms in total.